The lowest BCUT2D eigenvalue weighted by molar-refractivity contribution is 0.146. The van der Waals surface area contributed by atoms with E-state index >= 15 is 0 Å². The summed E-state index contributed by atoms with van der Waals surface area (Å²) >= 11 is 0. The summed E-state index contributed by atoms with van der Waals surface area (Å²) in [5, 5.41) is 4.42. The van der Waals surface area contributed by atoms with Crippen molar-refractivity contribution in [2.75, 3.05) is 57.1 Å². The van der Waals surface area contributed by atoms with Crippen LogP contribution in [0.3, 0.4) is 0 Å². The SMILES string of the molecule is COCCOc1ccc(N2CCN(Cc3cc(-c4cc5nc(-c6ccco6)nn5c(N)n4)ccn3)CC2)cc1. The number of rotatable bonds is 9. The topological polar surface area (TPSA) is 120 Å². The fraction of sp³-hybridized carbons (Fsp3) is 0.286. The average Bonchev–Trinajstić information content (AvgIpc) is 3.65. The van der Waals surface area contributed by atoms with Crippen LogP contribution in [0.15, 0.2) is 71.5 Å². The maximum Gasteiger partial charge on any atom is 0.223 e. The first kappa shape index (κ1) is 24.8. The van der Waals surface area contributed by atoms with E-state index in [0.29, 0.717) is 30.4 Å². The van der Waals surface area contributed by atoms with Crippen LogP contribution >= 0.6 is 0 Å². The van der Waals surface area contributed by atoms with Gasteiger partial charge in [0.2, 0.25) is 11.8 Å². The Labute approximate surface area is 225 Å². The average molecular weight is 527 g/mol. The molecule has 2 N–H and O–H groups in total. The summed E-state index contributed by atoms with van der Waals surface area (Å²) < 4.78 is 17.7. The lowest BCUT2D eigenvalue weighted by Crippen LogP contribution is -2.46. The molecule has 39 heavy (non-hydrogen) atoms. The molecule has 11 heteroatoms. The van der Waals surface area contributed by atoms with E-state index in [1.807, 2.05) is 36.5 Å². The zero-order valence-corrected chi connectivity index (χ0v) is 21.7. The predicted molar refractivity (Wildman–Crippen MR) is 147 cm³/mol. The highest BCUT2D eigenvalue weighted by Gasteiger charge is 2.19. The van der Waals surface area contributed by atoms with Gasteiger partial charge < -0.3 is 24.5 Å². The molecule has 0 radical (unpaired) electrons. The molecule has 0 saturated carbocycles. The summed E-state index contributed by atoms with van der Waals surface area (Å²) in [6, 6.07) is 17.8. The Morgan fingerprint density at radius 3 is 2.59 bits per heavy atom. The molecular weight excluding hydrogens is 496 g/mol. The number of pyridine rings is 1. The van der Waals surface area contributed by atoms with Crippen LogP contribution in [0.25, 0.3) is 28.5 Å². The van der Waals surface area contributed by atoms with E-state index in [4.69, 9.17) is 19.6 Å². The van der Waals surface area contributed by atoms with E-state index in [1.54, 1.807) is 19.4 Å². The number of ether oxygens (including phenoxy) is 2. The second kappa shape index (κ2) is 11.1. The normalized spacial score (nSPS) is 14.2. The molecule has 200 valence electrons. The van der Waals surface area contributed by atoms with Gasteiger partial charge in [-0.2, -0.15) is 4.52 Å². The van der Waals surface area contributed by atoms with Crippen molar-refractivity contribution < 1.29 is 13.9 Å². The van der Waals surface area contributed by atoms with Crippen molar-refractivity contribution in [3.8, 4) is 28.6 Å². The van der Waals surface area contributed by atoms with Crippen LogP contribution in [0.4, 0.5) is 11.6 Å². The van der Waals surface area contributed by atoms with Gasteiger partial charge in [-0.05, 0) is 48.5 Å². The molecule has 6 rings (SSSR count). The first-order valence-electron chi connectivity index (χ1n) is 12.9. The maximum atomic E-state index is 6.22. The van der Waals surface area contributed by atoms with Crippen molar-refractivity contribution in [2.24, 2.45) is 0 Å². The summed E-state index contributed by atoms with van der Waals surface area (Å²) in [4.78, 5) is 18.6. The number of benzene rings is 1. The largest absolute Gasteiger partial charge is 0.491 e. The Bertz CT molecular complexity index is 1530. The number of nitrogen functional groups attached to an aromatic ring is 1. The van der Waals surface area contributed by atoms with Gasteiger partial charge in [-0.15, -0.1) is 5.10 Å². The van der Waals surface area contributed by atoms with Crippen molar-refractivity contribution >= 4 is 17.3 Å². The van der Waals surface area contributed by atoms with Crippen molar-refractivity contribution in [1.82, 2.24) is 29.5 Å². The van der Waals surface area contributed by atoms with Gasteiger partial charge in [0.05, 0.1) is 24.3 Å². The zero-order chi connectivity index (χ0) is 26.6. The first-order chi connectivity index (χ1) is 19.2. The van der Waals surface area contributed by atoms with Gasteiger partial charge >= 0.3 is 0 Å². The van der Waals surface area contributed by atoms with Crippen LogP contribution in [0.2, 0.25) is 0 Å². The Kier molecular flexibility index (Phi) is 7.07. The zero-order valence-electron chi connectivity index (χ0n) is 21.7. The highest BCUT2D eigenvalue weighted by atomic mass is 16.5. The molecule has 1 saturated heterocycles. The minimum atomic E-state index is 0.261. The van der Waals surface area contributed by atoms with Crippen LogP contribution in [-0.2, 0) is 11.3 Å². The Morgan fingerprint density at radius 1 is 0.974 bits per heavy atom. The molecule has 0 aliphatic carbocycles. The molecule has 11 nitrogen and oxygen atoms in total. The minimum Gasteiger partial charge on any atom is -0.491 e. The van der Waals surface area contributed by atoms with E-state index in [-0.39, 0.29) is 5.95 Å². The number of nitrogens with zero attached hydrogens (tertiary/aromatic N) is 7. The molecule has 1 aliphatic rings. The minimum absolute atomic E-state index is 0.261. The van der Waals surface area contributed by atoms with Crippen LogP contribution in [-0.4, -0.2) is 76.0 Å². The van der Waals surface area contributed by atoms with E-state index in [2.05, 4.69) is 48.0 Å². The summed E-state index contributed by atoms with van der Waals surface area (Å²) in [6.07, 6.45) is 3.40. The third-order valence-corrected chi connectivity index (χ3v) is 6.72. The molecule has 0 atom stereocenters. The number of nitrogens with two attached hydrogens (primary N) is 1. The molecule has 1 aliphatic heterocycles. The molecule has 5 aromatic rings. The number of hydrogen-bond acceptors (Lipinski definition) is 10. The van der Waals surface area contributed by atoms with Gasteiger partial charge in [0, 0.05) is 63.3 Å². The highest BCUT2D eigenvalue weighted by molar-refractivity contribution is 5.66. The van der Waals surface area contributed by atoms with E-state index < -0.39 is 0 Å². The maximum absolute atomic E-state index is 6.22. The van der Waals surface area contributed by atoms with Gasteiger partial charge in [0.1, 0.15) is 12.4 Å². The number of furan rings is 1. The van der Waals surface area contributed by atoms with Crippen molar-refractivity contribution in [3.63, 3.8) is 0 Å². The van der Waals surface area contributed by atoms with Crippen LogP contribution in [0, 0.1) is 0 Å². The third-order valence-electron chi connectivity index (χ3n) is 6.72. The van der Waals surface area contributed by atoms with Crippen molar-refractivity contribution in [1.29, 1.82) is 0 Å². The summed E-state index contributed by atoms with van der Waals surface area (Å²) in [6.45, 7) is 5.69. The molecule has 1 fully saturated rings. The molecular formula is C28H30N8O3. The van der Waals surface area contributed by atoms with E-state index in [0.717, 1.165) is 55.4 Å². The second-order valence-corrected chi connectivity index (χ2v) is 9.32. The smallest absolute Gasteiger partial charge is 0.223 e. The first-order valence-corrected chi connectivity index (χ1v) is 12.9. The van der Waals surface area contributed by atoms with Crippen molar-refractivity contribution in [3.05, 3.63) is 72.8 Å². The van der Waals surface area contributed by atoms with Crippen LogP contribution in [0.5, 0.6) is 5.75 Å². The Hall–Kier alpha value is -4.48. The standard InChI is InChI=1S/C28H30N8O3/c1-37-15-16-38-23-6-4-22(5-7-23)35-12-10-34(11-13-35)19-21-17-20(8-9-30-21)24-18-26-32-27(25-3-2-14-39-25)33-36(26)28(29)31-24/h2-9,14,17-18H,10-13,15-16,19H2,1H3,(H2,29,31). The number of aromatic nitrogens is 5. The molecule has 0 bridgehead atoms. The number of anilines is 2. The Morgan fingerprint density at radius 2 is 1.82 bits per heavy atom. The molecule has 0 amide bonds. The van der Waals surface area contributed by atoms with E-state index in [9.17, 15) is 0 Å². The monoisotopic (exact) mass is 526 g/mol. The number of piperazine rings is 1. The van der Waals surface area contributed by atoms with Gasteiger partial charge in [-0.1, -0.05) is 0 Å². The number of fused-ring (bicyclic) bond motifs is 1. The fourth-order valence-corrected chi connectivity index (χ4v) is 4.68. The fourth-order valence-electron chi connectivity index (χ4n) is 4.68. The number of methoxy groups -OCH3 is 1. The van der Waals surface area contributed by atoms with Crippen LogP contribution < -0.4 is 15.4 Å². The van der Waals surface area contributed by atoms with Crippen molar-refractivity contribution in [2.45, 2.75) is 6.54 Å². The Balaban J connectivity index is 1.10. The molecule has 4 aromatic heterocycles. The van der Waals surface area contributed by atoms with Crippen LogP contribution in [0.1, 0.15) is 5.69 Å². The predicted octanol–water partition coefficient (Wildman–Crippen LogP) is 3.38. The summed E-state index contributed by atoms with van der Waals surface area (Å²) in [7, 11) is 1.67. The number of hydrogen-bond donors (Lipinski definition) is 1. The lowest BCUT2D eigenvalue weighted by atomic mass is 10.1. The summed E-state index contributed by atoms with van der Waals surface area (Å²) in [5.74, 6) is 2.16. The lowest BCUT2D eigenvalue weighted by Gasteiger charge is -2.36. The van der Waals surface area contributed by atoms with Gasteiger partial charge in [0.15, 0.2) is 11.4 Å². The molecule has 0 spiro atoms. The quantitative estimate of drug-likeness (QED) is 0.286. The van der Waals surface area contributed by atoms with Gasteiger partial charge in [0.25, 0.3) is 0 Å². The summed E-state index contributed by atoms with van der Waals surface area (Å²) in [5.41, 5.74) is 10.7. The van der Waals surface area contributed by atoms with Gasteiger partial charge in [-0.3, -0.25) is 9.88 Å². The highest BCUT2D eigenvalue weighted by Crippen LogP contribution is 2.25. The molecule has 1 aromatic carbocycles. The molecule has 5 heterocycles. The van der Waals surface area contributed by atoms with Gasteiger partial charge in [-0.25, -0.2) is 9.97 Å². The molecule has 0 unspecified atom stereocenters. The van der Waals surface area contributed by atoms with E-state index in [1.165, 1.54) is 10.2 Å². The second-order valence-electron chi connectivity index (χ2n) is 9.32. The third kappa shape index (κ3) is 5.54.